The van der Waals surface area contributed by atoms with Gasteiger partial charge >= 0.3 is 0 Å². The zero-order valence-electron chi connectivity index (χ0n) is 14.6. The highest BCUT2D eigenvalue weighted by atomic mass is 32.2. The molecule has 0 aromatic heterocycles. The molecule has 2 aromatic carbocycles. The minimum Gasteiger partial charge on any atom is -0.497 e. The molecule has 2 aromatic rings. The van der Waals surface area contributed by atoms with Gasteiger partial charge in [0, 0.05) is 6.07 Å². The van der Waals surface area contributed by atoms with Crippen LogP contribution in [0.1, 0.15) is 5.56 Å². The summed E-state index contributed by atoms with van der Waals surface area (Å²) in [6.07, 6.45) is 1.79. The van der Waals surface area contributed by atoms with Crippen molar-refractivity contribution in [1.82, 2.24) is 0 Å². The van der Waals surface area contributed by atoms with Crippen molar-refractivity contribution in [2.75, 3.05) is 25.9 Å². The number of anilines is 1. The Morgan fingerprint density at radius 1 is 1.11 bits per heavy atom. The zero-order chi connectivity index (χ0) is 19.0. The molecule has 0 N–H and O–H groups in total. The van der Waals surface area contributed by atoms with Crippen LogP contribution in [0, 0.1) is 0 Å². The maximum Gasteiger partial charge on any atom is 0.270 e. The third-order valence-corrected chi connectivity index (χ3v) is 5.42. The zero-order valence-corrected chi connectivity index (χ0v) is 16.2. The smallest absolute Gasteiger partial charge is 0.270 e. The van der Waals surface area contributed by atoms with Crippen LogP contribution in [0.25, 0.3) is 6.08 Å². The van der Waals surface area contributed by atoms with E-state index in [2.05, 4.69) is 0 Å². The van der Waals surface area contributed by atoms with Gasteiger partial charge in [-0.3, -0.25) is 9.69 Å². The van der Waals surface area contributed by atoms with Crippen LogP contribution in [0.3, 0.4) is 0 Å². The van der Waals surface area contributed by atoms with E-state index in [0.717, 1.165) is 5.56 Å². The second-order valence-electron chi connectivity index (χ2n) is 5.67. The quantitative estimate of drug-likeness (QED) is 0.570. The van der Waals surface area contributed by atoms with Crippen LogP contribution >= 0.6 is 24.0 Å². The van der Waals surface area contributed by atoms with Crippen LogP contribution in [0.15, 0.2) is 41.3 Å². The van der Waals surface area contributed by atoms with Gasteiger partial charge in [-0.2, -0.15) is 0 Å². The maximum absolute atomic E-state index is 13.0. The molecule has 27 heavy (non-hydrogen) atoms. The Kier molecular flexibility index (Phi) is 4.67. The molecule has 2 heterocycles. The Labute approximate surface area is 165 Å². The lowest BCUT2D eigenvalue weighted by atomic mass is 10.2. The average molecular weight is 401 g/mol. The second-order valence-corrected chi connectivity index (χ2v) is 7.34. The number of rotatable bonds is 4. The van der Waals surface area contributed by atoms with E-state index < -0.39 is 0 Å². The monoisotopic (exact) mass is 401 g/mol. The summed E-state index contributed by atoms with van der Waals surface area (Å²) in [4.78, 5) is 15.0. The van der Waals surface area contributed by atoms with Gasteiger partial charge in [0.25, 0.3) is 5.91 Å². The summed E-state index contributed by atoms with van der Waals surface area (Å²) in [7, 11) is 3.11. The number of fused-ring (bicyclic) bond motifs is 1. The minimum absolute atomic E-state index is 0.203. The largest absolute Gasteiger partial charge is 0.497 e. The first-order valence-electron chi connectivity index (χ1n) is 8.00. The molecule has 8 heteroatoms. The average Bonchev–Trinajstić information content (AvgIpc) is 3.25. The van der Waals surface area contributed by atoms with E-state index in [4.69, 9.17) is 31.2 Å². The Balaban J connectivity index is 1.66. The van der Waals surface area contributed by atoms with Crippen LogP contribution in [0.5, 0.6) is 23.0 Å². The van der Waals surface area contributed by atoms with Crippen molar-refractivity contribution >= 4 is 46.0 Å². The number of amides is 1. The van der Waals surface area contributed by atoms with E-state index >= 15 is 0 Å². The molecule has 0 atom stereocenters. The van der Waals surface area contributed by atoms with Crippen molar-refractivity contribution in [3.63, 3.8) is 0 Å². The topological polar surface area (TPSA) is 57.2 Å². The van der Waals surface area contributed by atoms with Crippen molar-refractivity contribution in [3.8, 4) is 23.0 Å². The number of thiocarbonyl (C=S) groups is 1. The first kappa shape index (κ1) is 17.7. The Hall–Kier alpha value is -2.71. The minimum atomic E-state index is -0.203. The van der Waals surface area contributed by atoms with E-state index in [1.807, 2.05) is 18.2 Å². The van der Waals surface area contributed by atoms with Crippen molar-refractivity contribution in [2.24, 2.45) is 0 Å². The number of benzene rings is 2. The molecule has 1 amide bonds. The van der Waals surface area contributed by atoms with Gasteiger partial charge < -0.3 is 18.9 Å². The molecule has 0 radical (unpaired) electrons. The number of hydrogen-bond acceptors (Lipinski definition) is 7. The predicted octanol–water partition coefficient (Wildman–Crippen LogP) is 3.84. The molecule has 0 aliphatic carbocycles. The van der Waals surface area contributed by atoms with Crippen LogP contribution in [0.2, 0.25) is 0 Å². The molecule has 4 rings (SSSR count). The first-order chi connectivity index (χ1) is 13.1. The molecule has 6 nitrogen and oxygen atoms in total. The molecule has 1 saturated heterocycles. The van der Waals surface area contributed by atoms with E-state index in [9.17, 15) is 4.79 Å². The van der Waals surface area contributed by atoms with Crippen molar-refractivity contribution < 1.29 is 23.7 Å². The first-order valence-corrected chi connectivity index (χ1v) is 9.23. The van der Waals surface area contributed by atoms with Gasteiger partial charge in [0.2, 0.25) is 6.79 Å². The summed E-state index contributed by atoms with van der Waals surface area (Å²) in [6, 6.07) is 10.8. The van der Waals surface area contributed by atoms with Crippen LogP contribution in [-0.2, 0) is 4.79 Å². The van der Waals surface area contributed by atoms with Gasteiger partial charge in [0.15, 0.2) is 15.8 Å². The van der Waals surface area contributed by atoms with E-state index in [-0.39, 0.29) is 12.7 Å². The van der Waals surface area contributed by atoms with Gasteiger partial charge in [0.1, 0.15) is 11.5 Å². The Bertz CT molecular complexity index is 973. The van der Waals surface area contributed by atoms with E-state index in [1.165, 1.54) is 16.7 Å². The lowest BCUT2D eigenvalue weighted by Gasteiger charge is -2.18. The highest BCUT2D eigenvalue weighted by Gasteiger charge is 2.35. The Morgan fingerprint density at radius 2 is 1.93 bits per heavy atom. The molecular formula is C19H15NO5S2. The number of thioether (sulfide) groups is 1. The molecule has 138 valence electrons. The molecule has 0 saturated carbocycles. The van der Waals surface area contributed by atoms with Gasteiger partial charge in [-0.15, -0.1) is 0 Å². The summed E-state index contributed by atoms with van der Waals surface area (Å²) in [5.74, 6) is 2.30. The molecule has 0 unspecified atom stereocenters. The van der Waals surface area contributed by atoms with Crippen LogP contribution in [-0.4, -0.2) is 31.2 Å². The SMILES string of the molecule is COc1ccc(N2C(=O)/C(=C/c3ccc4c(c3)OCO4)SC2=S)c(OC)c1. The fourth-order valence-electron chi connectivity index (χ4n) is 2.80. The van der Waals surface area contributed by atoms with Crippen molar-refractivity contribution in [2.45, 2.75) is 0 Å². The standard InChI is InChI=1S/C19H15NO5S2/c1-22-12-4-5-13(15(9-12)23-2)20-18(21)17(27-19(20)26)8-11-3-6-14-16(7-11)25-10-24-14/h3-9H,10H2,1-2H3/b17-8-. The summed E-state index contributed by atoms with van der Waals surface area (Å²) in [6.45, 7) is 0.207. The van der Waals surface area contributed by atoms with E-state index in [0.29, 0.717) is 37.9 Å². The highest BCUT2D eigenvalue weighted by Crippen LogP contribution is 2.41. The number of carbonyl (C=O) groups is 1. The number of nitrogens with zero attached hydrogens (tertiary/aromatic N) is 1. The number of methoxy groups -OCH3 is 2. The van der Waals surface area contributed by atoms with Crippen molar-refractivity contribution in [1.29, 1.82) is 0 Å². The summed E-state index contributed by atoms with van der Waals surface area (Å²) >= 11 is 6.68. The molecular weight excluding hydrogens is 386 g/mol. The predicted molar refractivity (Wildman–Crippen MR) is 108 cm³/mol. The fraction of sp³-hybridized carbons (Fsp3) is 0.158. The normalized spacial score (nSPS) is 17.0. The van der Waals surface area contributed by atoms with Crippen molar-refractivity contribution in [3.05, 3.63) is 46.9 Å². The number of ether oxygens (including phenoxy) is 4. The lowest BCUT2D eigenvalue weighted by Crippen LogP contribution is -2.27. The summed E-state index contributed by atoms with van der Waals surface area (Å²) in [5.41, 5.74) is 1.41. The van der Waals surface area contributed by atoms with Crippen LogP contribution in [0.4, 0.5) is 5.69 Å². The molecule has 0 spiro atoms. The molecule has 0 bridgehead atoms. The summed E-state index contributed by atoms with van der Waals surface area (Å²) < 4.78 is 21.8. The van der Waals surface area contributed by atoms with Gasteiger partial charge in [-0.05, 0) is 35.9 Å². The third kappa shape index (κ3) is 3.22. The third-order valence-electron chi connectivity index (χ3n) is 4.12. The van der Waals surface area contributed by atoms with E-state index in [1.54, 1.807) is 38.5 Å². The van der Waals surface area contributed by atoms with Gasteiger partial charge in [0.05, 0.1) is 24.8 Å². The molecule has 2 aliphatic rings. The highest BCUT2D eigenvalue weighted by molar-refractivity contribution is 8.27. The number of hydrogen-bond donors (Lipinski definition) is 0. The van der Waals surface area contributed by atoms with Crippen LogP contribution < -0.4 is 23.8 Å². The number of carbonyl (C=O) groups excluding carboxylic acids is 1. The maximum atomic E-state index is 13.0. The molecule has 1 fully saturated rings. The second kappa shape index (κ2) is 7.13. The lowest BCUT2D eigenvalue weighted by molar-refractivity contribution is -0.113. The van der Waals surface area contributed by atoms with Gasteiger partial charge in [-0.25, -0.2) is 0 Å². The molecule has 2 aliphatic heterocycles. The fourth-order valence-corrected chi connectivity index (χ4v) is 4.08. The van der Waals surface area contributed by atoms with Gasteiger partial charge in [-0.1, -0.05) is 30.0 Å². The Morgan fingerprint density at radius 3 is 2.70 bits per heavy atom. The summed E-state index contributed by atoms with van der Waals surface area (Å²) in [5, 5.41) is 0.